The molecule has 0 aromatic heterocycles. The molecule has 0 atom stereocenters. The van der Waals surface area contributed by atoms with Crippen LogP contribution < -0.4 is 18.9 Å². The van der Waals surface area contributed by atoms with Crippen LogP contribution in [0.1, 0.15) is 52.0 Å². The SMILES string of the molecule is C=C(C)C(=O)Oc1cc(CCCC(=O)Oc2cc(O)ccc2OC(=O)C(=C)C)c(O)c(OC(=O)CCC)c1. The van der Waals surface area contributed by atoms with Crippen LogP contribution in [-0.2, 0) is 25.6 Å². The molecule has 0 amide bonds. The maximum atomic E-state index is 12.5. The molecule has 10 nitrogen and oxygen atoms in total. The Hall–Kier alpha value is -4.60. The van der Waals surface area contributed by atoms with Crippen molar-refractivity contribution in [3.05, 3.63) is 60.2 Å². The van der Waals surface area contributed by atoms with E-state index in [1.807, 2.05) is 0 Å². The fourth-order valence-electron chi connectivity index (χ4n) is 2.98. The van der Waals surface area contributed by atoms with Crippen molar-refractivity contribution in [3.63, 3.8) is 0 Å². The number of aryl methyl sites for hydroxylation is 1. The summed E-state index contributed by atoms with van der Waals surface area (Å²) >= 11 is 0. The first-order valence-corrected chi connectivity index (χ1v) is 11.8. The van der Waals surface area contributed by atoms with E-state index in [2.05, 4.69) is 13.2 Å². The molecular formula is C28H30O10. The standard InChI is InChI=1S/C28H30O10/c1-6-8-24(30)37-23-15-20(35-27(33)16(2)3)13-18(26(23)32)9-7-10-25(31)36-22-14-19(29)11-12-21(22)38-28(34)17(4)5/h11-15,29,32H,2,4,6-10H2,1,3,5H3. The van der Waals surface area contributed by atoms with Crippen LogP contribution in [0.5, 0.6) is 34.5 Å². The van der Waals surface area contributed by atoms with Crippen LogP contribution in [0.15, 0.2) is 54.6 Å². The molecule has 2 rings (SSSR count). The summed E-state index contributed by atoms with van der Waals surface area (Å²) in [6, 6.07) is 6.27. The number of hydrogen-bond acceptors (Lipinski definition) is 10. The molecule has 0 aliphatic carbocycles. The molecule has 0 spiro atoms. The normalized spacial score (nSPS) is 10.3. The average Bonchev–Trinajstić information content (AvgIpc) is 2.83. The maximum absolute atomic E-state index is 12.5. The number of hydrogen-bond donors (Lipinski definition) is 2. The third-order valence-electron chi connectivity index (χ3n) is 4.89. The second-order valence-corrected chi connectivity index (χ2v) is 8.45. The van der Waals surface area contributed by atoms with Gasteiger partial charge in [0.15, 0.2) is 23.0 Å². The van der Waals surface area contributed by atoms with Gasteiger partial charge in [0.05, 0.1) is 0 Å². The fraction of sp³-hybridized carbons (Fsp3) is 0.286. The highest BCUT2D eigenvalue weighted by Crippen LogP contribution is 2.37. The summed E-state index contributed by atoms with van der Waals surface area (Å²) in [7, 11) is 0. The number of ether oxygens (including phenoxy) is 4. The lowest BCUT2D eigenvalue weighted by atomic mass is 10.1. The third kappa shape index (κ3) is 8.81. The summed E-state index contributed by atoms with van der Waals surface area (Å²) in [4.78, 5) is 48.3. The van der Waals surface area contributed by atoms with Crippen LogP contribution in [0, 0.1) is 0 Å². The van der Waals surface area contributed by atoms with Crippen molar-refractivity contribution in [1.29, 1.82) is 0 Å². The van der Waals surface area contributed by atoms with E-state index in [4.69, 9.17) is 18.9 Å². The smallest absolute Gasteiger partial charge is 0.338 e. The molecule has 0 aliphatic rings. The first-order chi connectivity index (χ1) is 17.9. The van der Waals surface area contributed by atoms with E-state index < -0.39 is 23.9 Å². The second-order valence-electron chi connectivity index (χ2n) is 8.45. The Morgan fingerprint density at radius 2 is 1.37 bits per heavy atom. The molecule has 0 radical (unpaired) electrons. The van der Waals surface area contributed by atoms with E-state index in [-0.39, 0.29) is 76.9 Å². The lowest BCUT2D eigenvalue weighted by Crippen LogP contribution is -2.12. The molecule has 202 valence electrons. The highest BCUT2D eigenvalue weighted by molar-refractivity contribution is 5.89. The molecule has 0 aliphatic heterocycles. The molecule has 2 aromatic rings. The van der Waals surface area contributed by atoms with Crippen LogP contribution in [0.2, 0.25) is 0 Å². The van der Waals surface area contributed by atoms with E-state index in [1.54, 1.807) is 6.92 Å². The first-order valence-electron chi connectivity index (χ1n) is 11.8. The van der Waals surface area contributed by atoms with Crippen LogP contribution in [0.25, 0.3) is 0 Å². The van der Waals surface area contributed by atoms with Crippen molar-refractivity contribution in [1.82, 2.24) is 0 Å². The molecule has 0 unspecified atom stereocenters. The lowest BCUT2D eigenvalue weighted by molar-refractivity contribution is -0.136. The summed E-state index contributed by atoms with van der Waals surface area (Å²) in [6.45, 7) is 11.7. The van der Waals surface area contributed by atoms with E-state index in [0.29, 0.717) is 6.42 Å². The fourth-order valence-corrected chi connectivity index (χ4v) is 2.98. The molecule has 0 saturated heterocycles. The van der Waals surface area contributed by atoms with Gasteiger partial charge in [-0.1, -0.05) is 20.1 Å². The van der Waals surface area contributed by atoms with Gasteiger partial charge in [0, 0.05) is 41.7 Å². The molecule has 38 heavy (non-hydrogen) atoms. The molecule has 0 heterocycles. The number of esters is 4. The van der Waals surface area contributed by atoms with Gasteiger partial charge in [-0.05, 0) is 51.3 Å². The van der Waals surface area contributed by atoms with Crippen molar-refractivity contribution in [3.8, 4) is 34.5 Å². The molecule has 2 N–H and O–H groups in total. The van der Waals surface area contributed by atoms with E-state index in [9.17, 15) is 29.4 Å². The zero-order chi connectivity index (χ0) is 28.4. The van der Waals surface area contributed by atoms with Crippen molar-refractivity contribution < 1.29 is 48.3 Å². The molecule has 2 aromatic carbocycles. The molecule has 0 bridgehead atoms. The zero-order valence-corrected chi connectivity index (χ0v) is 21.5. The number of phenolic OH excluding ortho intramolecular Hbond substituents is 2. The molecule has 10 heteroatoms. The number of rotatable bonds is 12. The zero-order valence-electron chi connectivity index (χ0n) is 21.5. The number of aromatic hydroxyl groups is 2. The molecular weight excluding hydrogens is 496 g/mol. The Labute approximate surface area is 220 Å². The van der Waals surface area contributed by atoms with Crippen molar-refractivity contribution in [2.24, 2.45) is 0 Å². The van der Waals surface area contributed by atoms with Crippen LogP contribution in [0.4, 0.5) is 0 Å². The topological polar surface area (TPSA) is 146 Å². The minimum atomic E-state index is -0.730. The summed E-state index contributed by atoms with van der Waals surface area (Å²) in [5.41, 5.74) is 0.538. The van der Waals surface area contributed by atoms with Gasteiger partial charge in [0.25, 0.3) is 0 Å². The Morgan fingerprint density at radius 3 is 2.00 bits per heavy atom. The number of benzene rings is 2. The van der Waals surface area contributed by atoms with Crippen LogP contribution in [-0.4, -0.2) is 34.1 Å². The van der Waals surface area contributed by atoms with E-state index in [1.165, 1.54) is 38.1 Å². The Morgan fingerprint density at radius 1 is 0.763 bits per heavy atom. The summed E-state index contributed by atoms with van der Waals surface area (Å²) < 4.78 is 20.8. The first kappa shape index (κ1) is 29.6. The molecule has 0 fully saturated rings. The van der Waals surface area contributed by atoms with Gasteiger partial charge in [-0.2, -0.15) is 0 Å². The van der Waals surface area contributed by atoms with E-state index in [0.717, 1.165) is 6.07 Å². The minimum Gasteiger partial charge on any atom is -0.508 e. The number of carbonyl (C=O) groups is 4. The van der Waals surface area contributed by atoms with Gasteiger partial charge in [0.1, 0.15) is 11.5 Å². The predicted molar refractivity (Wildman–Crippen MR) is 136 cm³/mol. The average molecular weight is 527 g/mol. The summed E-state index contributed by atoms with van der Waals surface area (Å²) in [5, 5.41) is 20.4. The number of phenols is 2. The summed E-state index contributed by atoms with van der Waals surface area (Å²) in [5.74, 6) is -3.65. The lowest BCUT2D eigenvalue weighted by Gasteiger charge is -2.14. The highest BCUT2D eigenvalue weighted by Gasteiger charge is 2.19. The monoisotopic (exact) mass is 526 g/mol. The van der Waals surface area contributed by atoms with E-state index >= 15 is 0 Å². The number of carbonyl (C=O) groups excluding carboxylic acids is 4. The van der Waals surface area contributed by atoms with Gasteiger partial charge in [0.2, 0.25) is 0 Å². The van der Waals surface area contributed by atoms with Crippen molar-refractivity contribution >= 4 is 23.9 Å². The largest absolute Gasteiger partial charge is 0.508 e. The van der Waals surface area contributed by atoms with Crippen molar-refractivity contribution in [2.45, 2.75) is 52.9 Å². The van der Waals surface area contributed by atoms with Gasteiger partial charge in [-0.3, -0.25) is 9.59 Å². The van der Waals surface area contributed by atoms with Gasteiger partial charge in [-0.15, -0.1) is 0 Å². The van der Waals surface area contributed by atoms with Crippen molar-refractivity contribution in [2.75, 3.05) is 0 Å². The van der Waals surface area contributed by atoms with Crippen LogP contribution in [0.3, 0.4) is 0 Å². The highest BCUT2D eigenvalue weighted by atomic mass is 16.6. The molecule has 0 saturated carbocycles. The quantitative estimate of drug-likeness (QED) is 0.227. The third-order valence-corrected chi connectivity index (χ3v) is 4.89. The van der Waals surface area contributed by atoms with Gasteiger partial charge < -0.3 is 29.2 Å². The van der Waals surface area contributed by atoms with Crippen LogP contribution >= 0.6 is 0 Å². The van der Waals surface area contributed by atoms with Gasteiger partial charge in [-0.25, -0.2) is 9.59 Å². The minimum absolute atomic E-state index is 0.0244. The summed E-state index contributed by atoms with van der Waals surface area (Å²) in [6.07, 6.45) is 0.812. The Kier molecular flexibility index (Phi) is 10.6. The van der Waals surface area contributed by atoms with Gasteiger partial charge >= 0.3 is 23.9 Å². The predicted octanol–water partition coefficient (Wildman–Crippen LogP) is 4.69. The Balaban J connectivity index is 2.15. The second kappa shape index (κ2) is 13.6. The Bertz CT molecular complexity index is 1260. The maximum Gasteiger partial charge on any atom is 0.338 e.